The Morgan fingerprint density at radius 3 is 2.61 bits per heavy atom. The van der Waals surface area contributed by atoms with Crippen molar-refractivity contribution in [3.8, 4) is 17.1 Å². The SMILES string of the molecule is CCNC(=O)c1cccc(Nc2cc(Nc3cccc(-c4nnn(C)n4)c3OC)c3c(=O)n(C)[nH]c3n2)n1. The summed E-state index contributed by atoms with van der Waals surface area (Å²) < 4.78 is 7.04. The Balaban J connectivity index is 1.56. The Kier molecular flexibility index (Phi) is 6.43. The number of anilines is 4. The maximum absolute atomic E-state index is 12.9. The lowest BCUT2D eigenvalue weighted by Crippen LogP contribution is -2.23. The van der Waals surface area contributed by atoms with Crippen LogP contribution in [0.5, 0.6) is 5.75 Å². The van der Waals surface area contributed by atoms with Gasteiger partial charge in [-0.1, -0.05) is 12.1 Å². The van der Waals surface area contributed by atoms with Crippen molar-refractivity contribution in [1.82, 2.24) is 45.3 Å². The lowest BCUT2D eigenvalue weighted by molar-refractivity contribution is 0.0951. The molecular weight excluding hydrogens is 490 g/mol. The molecule has 0 aliphatic heterocycles. The van der Waals surface area contributed by atoms with Crippen LogP contribution in [-0.4, -0.2) is 59.5 Å². The first-order chi connectivity index (χ1) is 18.4. The predicted octanol–water partition coefficient (Wildman–Crippen LogP) is 2.09. The fourth-order valence-electron chi connectivity index (χ4n) is 3.96. The van der Waals surface area contributed by atoms with Gasteiger partial charge in [0.25, 0.3) is 11.5 Å². The largest absolute Gasteiger partial charge is 0.494 e. The van der Waals surface area contributed by atoms with E-state index in [0.717, 1.165) is 0 Å². The van der Waals surface area contributed by atoms with E-state index in [4.69, 9.17) is 4.74 Å². The first-order valence-corrected chi connectivity index (χ1v) is 11.7. The zero-order valence-corrected chi connectivity index (χ0v) is 21.1. The molecule has 0 atom stereocenters. The van der Waals surface area contributed by atoms with Crippen molar-refractivity contribution < 1.29 is 9.53 Å². The molecule has 0 spiro atoms. The predicted molar refractivity (Wildman–Crippen MR) is 141 cm³/mol. The van der Waals surface area contributed by atoms with Gasteiger partial charge in [0, 0.05) is 19.7 Å². The number of para-hydroxylation sites is 1. The molecule has 4 aromatic heterocycles. The molecule has 0 bridgehead atoms. The van der Waals surface area contributed by atoms with Gasteiger partial charge in [-0.3, -0.25) is 19.4 Å². The molecule has 5 aromatic rings. The number of fused-ring (bicyclic) bond motifs is 1. The Morgan fingerprint density at radius 2 is 1.87 bits per heavy atom. The summed E-state index contributed by atoms with van der Waals surface area (Å²) in [7, 11) is 4.83. The van der Waals surface area contributed by atoms with E-state index < -0.39 is 0 Å². The topological polar surface area (TPSA) is 170 Å². The van der Waals surface area contributed by atoms with E-state index >= 15 is 0 Å². The number of tetrazole rings is 1. The molecule has 14 heteroatoms. The van der Waals surface area contributed by atoms with Gasteiger partial charge in [0.05, 0.1) is 31.1 Å². The van der Waals surface area contributed by atoms with Crippen LogP contribution >= 0.6 is 0 Å². The van der Waals surface area contributed by atoms with E-state index in [9.17, 15) is 9.59 Å². The van der Waals surface area contributed by atoms with Crippen LogP contribution < -0.4 is 26.2 Å². The Morgan fingerprint density at radius 1 is 1.05 bits per heavy atom. The number of rotatable bonds is 8. The number of methoxy groups -OCH3 is 1. The molecule has 0 saturated heterocycles. The van der Waals surface area contributed by atoms with Gasteiger partial charge in [0.1, 0.15) is 22.7 Å². The molecule has 0 saturated carbocycles. The summed E-state index contributed by atoms with van der Waals surface area (Å²) in [6.07, 6.45) is 0. The van der Waals surface area contributed by atoms with E-state index in [1.807, 2.05) is 25.1 Å². The minimum atomic E-state index is -0.279. The van der Waals surface area contributed by atoms with Crippen molar-refractivity contribution in [3.63, 3.8) is 0 Å². The van der Waals surface area contributed by atoms with Crippen molar-refractivity contribution >= 4 is 40.0 Å². The molecule has 194 valence electrons. The number of aromatic nitrogens is 8. The summed E-state index contributed by atoms with van der Waals surface area (Å²) in [5.41, 5.74) is 2.04. The average Bonchev–Trinajstić information content (AvgIpc) is 3.46. The number of nitrogens with zero attached hydrogens (tertiary/aromatic N) is 7. The lowest BCUT2D eigenvalue weighted by atomic mass is 10.1. The molecule has 1 aromatic carbocycles. The van der Waals surface area contributed by atoms with Crippen LogP contribution in [0.1, 0.15) is 17.4 Å². The second-order valence-corrected chi connectivity index (χ2v) is 8.26. The summed E-state index contributed by atoms with van der Waals surface area (Å²) in [6.45, 7) is 2.33. The first kappa shape index (κ1) is 24.4. The minimum absolute atomic E-state index is 0.261. The van der Waals surface area contributed by atoms with Gasteiger partial charge in [0.2, 0.25) is 5.82 Å². The number of hydrogen-bond acceptors (Lipinski definition) is 10. The summed E-state index contributed by atoms with van der Waals surface area (Å²) in [5.74, 6) is 1.40. The van der Waals surface area contributed by atoms with Gasteiger partial charge >= 0.3 is 0 Å². The quantitative estimate of drug-likeness (QED) is 0.240. The highest BCUT2D eigenvalue weighted by Gasteiger charge is 2.19. The van der Waals surface area contributed by atoms with Crippen LogP contribution in [0.4, 0.5) is 23.0 Å². The van der Waals surface area contributed by atoms with Crippen LogP contribution in [0.3, 0.4) is 0 Å². The van der Waals surface area contributed by atoms with E-state index in [0.29, 0.717) is 57.7 Å². The number of ether oxygens (including phenoxy) is 1. The van der Waals surface area contributed by atoms with Gasteiger partial charge in [-0.25, -0.2) is 9.97 Å². The molecule has 1 amide bonds. The van der Waals surface area contributed by atoms with Crippen molar-refractivity contribution in [3.05, 3.63) is 58.5 Å². The highest BCUT2D eigenvalue weighted by molar-refractivity contribution is 5.94. The number of carbonyl (C=O) groups excluding carboxylic acids is 1. The molecule has 14 nitrogen and oxygen atoms in total. The van der Waals surface area contributed by atoms with Crippen LogP contribution in [-0.2, 0) is 14.1 Å². The molecule has 0 fully saturated rings. The van der Waals surface area contributed by atoms with Gasteiger partial charge in [-0.05, 0) is 36.4 Å². The average molecular weight is 516 g/mol. The number of aryl methyl sites for hydroxylation is 2. The summed E-state index contributed by atoms with van der Waals surface area (Å²) >= 11 is 0. The van der Waals surface area contributed by atoms with Crippen LogP contribution in [0.25, 0.3) is 22.4 Å². The fourth-order valence-corrected chi connectivity index (χ4v) is 3.96. The molecule has 0 unspecified atom stereocenters. The lowest BCUT2D eigenvalue weighted by Gasteiger charge is -2.15. The minimum Gasteiger partial charge on any atom is -0.494 e. The second kappa shape index (κ2) is 10.0. The van der Waals surface area contributed by atoms with Crippen LogP contribution in [0.15, 0.2) is 47.3 Å². The number of nitrogens with one attached hydrogen (secondary N) is 4. The smallest absolute Gasteiger partial charge is 0.277 e. The Labute approximate surface area is 216 Å². The zero-order chi connectivity index (χ0) is 26.8. The molecule has 4 N–H and O–H groups in total. The Bertz CT molecular complexity index is 1700. The van der Waals surface area contributed by atoms with Crippen molar-refractivity contribution in [2.45, 2.75) is 6.92 Å². The highest BCUT2D eigenvalue weighted by atomic mass is 16.5. The third kappa shape index (κ3) is 4.61. The molecular formula is C24H25N11O3. The van der Waals surface area contributed by atoms with Gasteiger partial charge in [0.15, 0.2) is 11.4 Å². The van der Waals surface area contributed by atoms with Crippen LogP contribution in [0.2, 0.25) is 0 Å². The monoisotopic (exact) mass is 515 g/mol. The van der Waals surface area contributed by atoms with Crippen LogP contribution in [0, 0.1) is 0 Å². The highest BCUT2D eigenvalue weighted by Crippen LogP contribution is 2.37. The molecule has 4 heterocycles. The van der Waals surface area contributed by atoms with Crippen molar-refractivity contribution in [2.24, 2.45) is 14.1 Å². The maximum atomic E-state index is 12.9. The molecule has 0 aliphatic carbocycles. The normalized spacial score (nSPS) is 10.9. The number of hydrogen-bond donors (Lipinski definition) is 4. The van der Waals surface area contributed by atoms with E-state index in [1.165, 1.54) is 16.6 Å². The number of carbonyl (C=O) groups is 1. The third-order valence-electron chi connectivity index (χ3n) is 5.62. The number of H-pyrrole nitrogens is 1. The van der Waals surface area contributed by atoms with Crippen molar-refractivity contribution in [2.75, 3.05) is 24.3 Å². The number of amides is 1. The van der Waals surface area contributed by atoms with Gasteiger partial charge in [-0.2, -0.15) is 4.80 Å². The second-order valence-electron chi connectivity index (χ2n) is 8.26. The first-order valence-electron chi connectivity index (χ1n) is 11.7. The van der Waals surface area contributed by atoms with E-state index in [2.05, 4.69) is 46.4 Å². The maximum Gasteiger partial charge on any atom is 0.277 e. The number of pyridine rings is 2. The molecule has 0 radical (unpaired) electrons. The third-order valence-corrected chi connectivity index (χ3v) is 5.62. The van der Waals surface area contributed by atoms with Gasteiger partial charge in [-0.15, -0.1) is 10.2 Å². The van der Waals surface area contributed by atoms with E-state index in [-0.39, 0.29) is 17.2 Å². The summed E-state index contributed by atoms with van der Waals surface area (Å²) in [4.78, 5) is 35.4. The Hall–Kier alpha value is -5.27. The summed E-state index contributed by atoms with van der Waals surface area (Å²) in [5, 5.41) is 24.7. The molecule has 5 rings (SSSR count). The standard InChI is InChI=1S/C24H25N11O3/c1-5-25-23(36)15-10-7-11-17(27-15)28-18-12-16(19-22(29-18)31-34(2)24(19)37)26-14-9-6-8-13(20(14)38-4)21-30-33-35(3)32-21/h6-12H,5H2,1-4H3,(H,25,36)(H3,26,27,28,29,31). The fraction of sp³-hybridized carbons (Fsp3) is 0.208. The summed E-state index contributed by atoms with van der Waals surface area (Å²) in [6, 6.07) is 12.2. The molecule has 0 aliphatic rings. The zero-order valence-electron chi connectivity index (χ0n) is 21.1. The van der Waals surface area contributed by atoms with E-state index in [1.54, 1.807) is 38.4 Å². The number of benzene rings is 1. The van der Waals surface area contributed by atoms with Gasteiger partial charge < -0.3 is 20.7 Å². The van der Waals surface area contributed by atoms with Crippen molar-refractivity contribution in [1.29, 1.82) is 0 Å². The molecule has 38 heavy (non-hydrogen) atoms. The number of aromatic amines is 1.